The first kappa shape index (κ1) is 12.0. The first-order valence-electron chi connectivity index (χ1n) is 4.15. The molecule has 1 aromatic heterocycles. The standard InChI is InChI=1S/C10H9Cl2NO2/c1-15-10(14)8-5-7(3-2-4-11)6-13-9(8)12/h2-3,5-6H,4H2,1H3. The van der Waals surface area contributed by atoms with Crippen molar-refractivity contribution in [2.75, 3.05) is 13.0 Å². The van der Waals surface area contributed by atoms with Gasteiger partial charge in [-0.05, 0) is 11.6 Å². The van der Waals surface area contributed by atoms with Gasteiger partial charge < -0.3 is 4.74 Å². The third-order valence-corrected chi connectivity index (χ3v) is 2.14. The number of allylic oxidation sites excluding steroid dienone is 1. The second-order valence-corrected chi connectivity index (χ2v) is 3.32. The summed E-state index contributed by atoms with van der Waals surface area (Å²) >= 11 is 11.2. The third kappa shape index (κ3) is 3.22. The number of methoxy groups -OCH3 is 1. The summed E-state index contributed by atoms with van der Waals surface area (Å²) in [5, 5.41) is 0.130. The molecule has 1 heterocycles. The van der Waals surface area contributed by atoms with E-state index >= 15 is 0 Å². The molecule has 0 unspecified atom stereocenters. The Labute approximate surface area is 97.7 Å². The lowest BCUT2D eigenvalue weighted by Gasteiger charge is -2.02. The van der Waals surface area contributed by atoms with E-state index in [4.69, 9.17) is 23.2 Å². The smallest absolute Gasteiger partial charge is 0.341 e. The van der Waals surface area contributed by atoms with Gasteiger partial charge in [-0.3, -0.25) is 0 Å². The summed E-state index contributed by atoms with van der Waals surface area (Å²) in [5.74, 6) is -0.107. The number of alkyl halides is 1. The maximum atomic E-state index is 11.3. The van der Waals surface area contributed by atoms with Crippen LogP contribution in [-0.2, 0) is 4.74 Å². The van der Waals surface area contributed by atoms with Crippen LogP contribution in [0.2, 0.25) is 5.15 Å². The van der Waals surface area contributed by atoms with E-state index in [-0.39, 0.29) is 10.7 Å². The number of hydrogen-bond acceptors (Lipinski definition) is 3. The molecule has 1 rings (SSSR count). The number of hydrogen-bond donors (Lipinski definition) is 0. The van der Waals surface area contributed by atoms with Gasteiger partial charge in [0.2, 0.25) is 0 Å². The largest absolute Gasteiger partial charge is 0.465 e. The predicted molar refractivity (Wildman–Crippen MR) is 60.3 cm³/mol. The van der Waals surface area contributed by atoms with Crippen LogP contribution < -0.4 is 0 Å². The van der Waals surface area contributed by atoms with Crippen molar-refractivity contribution in [2.24, 2.45) is 0 Å². The maximum absolute atomic E-state index is 11.3. The van der Waals surface area contributed by atoms with E-state index < -0.39 is 5.97 Å². The van der Waals surface area contributed by atoms with Gasteiger partial charge in [-0.25, -0.2) is 9.78 Å². The van der Waals surface area contributed by atoms with E-state index in [2.05, 4.69) is 9.72 Å². The lowest BCUT2D eigenvalue weighted by molar-refractivity contribution is 0.0600. The first-order chi connectivity index (χ1) is 7.19. The molecule has 0 aliphatic carbocycles. The molecule has 3 nitrogen and oxygen atoms in total. The van der Waals surface area contributed by atoms with Gasteiger partial charge in [-0.1, -0.05) is 23.8 Å². The normalized spacial score (nSPS) is 10.6. The summed E-state index contributed by atoms with van der Waals surface area (Å²) in [4.78, 5) is 15.1. The fourth-order valence-corrected chi connectivity index (χ4v) is 1.26. The quantitative estimate of drug-likeness (QED) is 0.467. The Bertz CT molecular complexity index is 391. The van der Waals surface area contributed by atoms with Gasteiger partial charge in [0.25, 0.3) is 0 Å². The third-order valence-electron chi connectivity index (χ3n) is 1.66. The first-order valence-corrected chi connectivity index (χ1v) is 5.06. The Hall–Kier alpha value is -1.06. The Kier molecular flexibility index (Phi) is 4.59. The number of halogens is 2. The van der Waals surface area contributed by atoms with Gasteiger partial charge in [-0.2, -0.15) is 0 Å². The summed E-state index contributed by atoms with van der Waals surface area (Å²) in [6.45, 7) is 0. The number of rotatable bonds is 3. The second kappa shape index (κ2) is 5.73. The highest BCUT2D eigenvalue weighted by molar-refractivity contribution is 6.32. The van der Waals surface area contributed by atoms with Crippen LogP contribution in [0, 0.1) is 0 Å². The molecule has 0 amide bonds. The van der Waals surface area contributed by atoms with Crippen molar-refractivity contribution in [1.29, 1.82) is 0 Å². The molecule has 0 bridgehead atoms. The summed E-state index contributed by atoms with van der Waals surface area (Å²) in [6, 6.07) is 1.60. The molecular weight excluding hydrogens is 237 g/mol. The van der Waals surface area contributed by atoms with Gasteiger partial charge in [0.15, 0.2) is 0 Å². The summed E-state index contributed by atoms with van der Waals surface area (Å²) in [6.07, 6.45) is 5.05. The average molecular weight is 246 g/mol. The predicted octanol–water partition coefficient (Wildman–Crippen LogP) is 2.77. The number of nitrogens with zero attached hydrogens (tertiary/aromatic N) is 1. The molecule has 1 aromatic rings. The zero-order chi connectivity index (χ0) is 11.3. The van der Waals surface area contributed by atoms with Crippen molar-refractivity contribution in [3.63, 3.8) is 0 Å². The molecule has 0 atom stereocenters. The molecule has 0 radical (unpaired) electrons. The highest BCUT2D eigenvalue weighted by Crippen LogP contribution is 2.16. The molecule has 0 N–H and O–H groups in total. The topological polar surface area (TPSA) is 39.2 Å². The summed E-state index contributed by atoms with van der Waals surface area (Å²) in [7, 11) is 1.29. The van der Waals surface area contributed by atoms with Gasteiger partial charge in [0, 0.05) is 12.1 Å². The number of carbonyl (C=O) groups excluding carboxylic acids is 1. The van der Waals surface area contributed by atoms with E-state index in [1.54, 1.807) is 24.4 Å². The van der Waals surface area contributed by atoms with Gasteiger partial charge in [0.05, 0.1) is 12.7 Å². The highest BCUT2D eigenvalue weighted by atomic mass is 35.5. The van der Waals surface area contributed by atoms with Crippen molar-refractivity contribution in [3.8, 4) is 0 Å². The molecule has 0 saturated carbocycles. The Balaban J connectivity index is 3.05. The van der Waals surface area contributed by atoms with Crippen LogP contribution in [0.3, 0.4) is 0 Å². The SMILES string of the molecule is COC(=O)c1cc(C=CCCl)cnc1Cl. The lowest BCUT2D eigenvalue weighted by atomic mass is 10.2. The van der Waals surface area contributed by atoms with Crippen molar-refractivity contribution in [2.45, 2.75) is 0 Å². The van der Waals surface area contributed by atoms with Crippen LogP contribution in [-0.4, -0.2) is 23.9 Å². The lowest BCUT2D eigenvalue weighted by Crippen LogP contribution is -2.03. The second-order valence-electron chi connectivity index (χ2n) is 2.66. The van der Waals surface area contributed by atoms with Gasteiger partial charge in [-0.15, -0.1) is 11.6 Å². The zero-order valence-corrected chi connectivity index (χ0v) is 9.55. The summed E-state index contributed by atoms with van der Waals surface area (Å²) in [5.41, 5.74) is 0.997. The number of aromatic nitrogens is 1. The minimum Gasteiger partial charge on any atom is -0.465 e. The Morgan fingerprint density at radius 3 is 3.00 bits per heavy atom. The van der Waals surface area contributed by atoms with Gasteiger partial charge in [0.1, 0.15) is 5.15 Å². The van der Waals surface area contributed by atoms with E-state index in [0.717, 1.165) is 5.56 Å². The Morgan fingerprint density at radius 2 is 2.40 bits per heavy atom. The van der Waals surface area contributed by atoms with Crippen molar-refractivity contribution < 1.29 is 9.53 Å². The molecule has 0 aromatic carbocycles. The number of esters is 1. The minimum atomic E-state index is -0.506. The maximum Gasteiger partial charge on any atom is 0.341 e. The van der Waals surface area contributed by atoms with E-state index in [9.17, 15) is 4.79 Å². The molecule has 0 aliphatic heterocycles. The number of pyridine rings is 1. The zero-order valence-electron chi connectivity index (χ0n) is 8.04. The number of ether oxygens (including phenoxy) is 1. The van der Waals surface area contributed by atoms with Crippen LogP contribution in [0.25, 0.3) is 6.08 Å². The van der Waals surface area contributed by atoms with Crippen LogP contribution in [0.5, 0.6) is 0 Å². The molecule has 0 saturated heterocycles. The molecule has 0 fully saturated rings. The van der Waals surface area contributed by atoms with Gasteiger partial charge >= 0.3 is 5.97 Å². The van der Waals surface area contributed by atoms with Crippen LogP contribution in [0.15, 0.2) is 18.3 Å². The fourth-order valence-electron chi connectivity index (χ4n) is 0.989. The molecule has 0 spiro atoms. The monoisotopic (exact) mass is 245 g/mol. The van der Waals surface area contributed by atoms with Crippen molar-refractivity contribution in [1.82, 2.24) is 4.98 Å². The van der Waals surface area contributed by atoms with E-state index in [1.165, 1.54) is 7.11 Å². The van der Waals surface area contributed by atoms with Crippen molar-refractivity contribution in [3.05, 3.63) is 34.6 Å². The molecular formula is C10H9Cl2NO2. The summed E-state index contributed by atoms with van der Waals surface area (Å²) < 4.78 is 4.56. The van der Waals surface area contributed by atoms with E-state index in [1.807, 2.05) is 0 Å². The molecule has 80 valence electrons. The number of carbonyl (C=O) groups is 1. The highest BCUT2D eigenvalue weighted by Gasteiger charge is 2.11. The van der Waals surface area contributed by atoms with E-state index in [0.29, 0.717) is 5.88 Å². The molecule has 0 aliphatic rings. The van der Waals surface area contributed by atoms with Crippen LogP contribution >= 0.6 is 23.2 Å². The average Bonchev–Trinajstić information content (AvgIpc) is 2.27. The molecule has 15 heavy (non-hydrogen) atoms. The van der Waals surface area contributed by atoms with Crippen LogP contribution in [0.1, 0.15) is 15.9 Å². The Morgan fingerprint density at radius 1 is 1.67 bits per heavy atom. The van der Waals surface area contributed by atoms with Crippen molar-refractivity contribution >= 4 is 35.2 Å². The molecule has 5 heteroatoms. The minimum absolute atomic E-state index is 0.130. The van der Waals surface area contributed by atoms with Crippen LogP contribution in [0.4, 0.5) is 0 Å². The fraction of sp³-hybridized carbons (Fsp3) is 0.200.